The van der Waals surface area contributed by atoms with Gasteiger partial charge in [0.25, 0.3) is 5.91 Å². The van der Waals surface area contributed by atoms with Gasteiger partial charge in [0.15, 0.2) is 0 Å². The van der Waals surface area contributed by atoms with Gasteiger partial charge in [0, 0.05) is 18.7 Å². The van der Waals surface area contributed by atoms with E-state index in [2.05, 4.69) is 25.7 Å². The number of aliphatic hydroxyl groups is 1. The molecule has 0 aliphatic carbocycles. The number of rotatable bonds is 5. The maximum atomic E-state index is 12.8. The Balaban J connectivity index is 3.11. The average molecular weight is 287 g/mol. The molecule has 0 heterocycles. The van der Waals surface area contributed by atoms with Gasteiger partial charge < -0.3 is 10.0 Å². The summed E-state index contributed by atoms with van der Waals surface area (Å²) >= 11 is 0. The molecule has 1 atom stereocenters. The number of carbonyl (C=O) groups excluding carboxylic acids is 1. The second-order valence-corrected chi connectivity index (χ2v) is 5.37. The lowest BCUT2D eigenvalue weighted by molar-refractivity contribution is 0.0740. The smallest absolute Gasteiger partial charge is 0.255 e. The van der Waals surface area contributed by atoms with Gasteiger partial charge in [-0.1, -0.05) is 43.7 Å². The van der Waals surface area contributed by atoms with E-state index in [9.17, 15) is 4.79 Å². The zero-order valence-electron chi connectivity index (χ0n) is 13.4. The molecule has 21 heavy (non-hydrogen) atoms. The first kappa shape index (κ1) is 17.3. The number of carbonyl (C=O) groups is 1. The summed E-state index contributed by atoms with van der Waals surface area (Å²) in [5.74, 6) is 5.99. The van der Waals surface area contributed by atoms with E-state index in [1.165, 1.54) is 0 Å². The van der Waals surface area contributed by atoms with E-state index in [4.69, 9.17) is 5.11 Å². The zero-order valence-corrected chi connectivity index (χ0v) is 13.4. The maximum absolute atomic E-state index is 12.8. The first-order valence-corrected chi connectivity index (χ1v) is 7.53. The molecule has 0 radical (unpaired) electrons. The second kappa shape index (κ2) is 8.49. The minimum absolute atomic E-state index is 0.0174. The van der Waals surface area contributed by atoms with Crippen molar-refractivity contribution in [3.63, 3.8) is 0 Å². The molecule has 0 spiro atoms. The SMILES string of the molecule is CCC(C)CN(CC)C(=O)c1cc(C)ccc1C#CCO. The van der Waals surface area contributed by atoms with Crippen LogP contribution in [0.2, 0.25) is 0 Å². The molecular formula is C18H25NO2. The number of hydrogen-bond donors (Lipinski definition) is 1. The van der Waals surface area contributed by atoms with Crippen molar-refractivity contribution in [1.29, 1.82) is 0 Å². The molecule has 0 bridgehead atoms. The van der Waals surface area contributed by atoms with Crippen LogP contribution in [0, 0.1) is 24.7 Å². The minimum Gasteiger partial charge on any atom is -0.384 e. The topological polar surface area (TPSA) is 40.5 Å². The standard InChI is InChI=1S/C18H25NO2/c1-5-14(3)13-19(6-2)18(21)17-12-15(4)9-10-16(17)8-7-11-20/h9-10,12,14,20H,5-6,11,13H2,1-4H3. The highest BCUT2D eigenvalue weighted by molar-refractivity contribution is 5.97. The first-order valence-electron chi connectivity index (χ1n) is 7.53. The van der Waals surface area contributed by atoms with Crippen LogP contribution in [-0.2, 0) is 0 Å². The highest BCUT2D eigenvalue weighted by Crippen LogP contribution is 2.15. The summed E-state index contributed by atoms with van der Waals surface area (Å²) in [6.07, 6.45) is 1.05. The van der Waals surface area contributed by atoms with Crippen LogP contribution in [0.25, 0.3) is 0 Å². The van der Waals surface area contributed by atoms with Crippen LogP contribution < -0.4 is 0 Å². The van der Waals surface area contributed by atoms with Crippen molar-refractivity contribution in [3.8, 4) is 11.8 Å². The fraction of sp³-hybridized carbons (Fsp3) is 0.500. The van der Waals surface area contributed by atoms with Crippen LogP contribution in [0.1, 0.15) is 48.7 Å². The van der Waals surface area contributed by atoms with E-state index in [-0.39, 0.29) is 12.5 Å². The second-order valence-electron chi connectivity index (χ2n) is 5.37. The molecule has 1 aromatic carbocycles. The molecule has 0 saturated carbocycles. The lowest BCUT2D eigenvalue weighted by Gasteiger charge is -2.24. The van der Waals surface area contributed by atoms with E-state index in [1.807, 2.05) is 36.9 Å². The molecule has 0 saturated heterocycles. The van der Waals surface area contributed by atoms with Crippen molar-refractivity contribution in [2.24, 2.45) is 5.92 Å². The van der Waals surface area contributed by atoms with Gasteiger partial charge in [-0.2, -0.15) is 0 Å². The van der Waals surface area contributed by atoms with Gasteiger partial charge >= 0.3 is 0 Å². The van der Waals surface area contributed by atoms with Crippen molar-refractivity contribution < 1.29 is 9.90 Å². The highest BCUT2D eigenvalue weighted by Gasteiger charge is 2.18. The van der Waals surface area contributed by atoms with Crippen molar-refractivity contribution in [2.45, 2.75) is 34.1 Å². The van der Waals surface area contributed by atoms with Crippen LogP contribution >= 0.6 is 0 Å². The summed E-state index contributed by atoms with van der Waals surface area (Å²) in [5.41, 5.74) is 2.34. The fourth-order valence-corrected chi connectivity index (χ4v) is 2.11. The van der Waals surface area contributed by atoms with E-state index in [0.717, 1.165) is 18.5 Å². The number of aliphatic hydroxyl groups excluding tert-OH is 1. The summed E-state index contributed by atoms with van der Waals surface area (Å²) in [7, 11) is 0. The number of benzene rings is 1. The fourth-order valence-electron chi connectivity index (χ4n) is 2.11. The summed E-state index contributed by atoms with van der Waals surface area (Å²) < 4.78 is 0. The van der Waals surface area contributed by atoms with Gasteiger partial charge in [0.05, 0.1) is 5.56 Å². The van der Waals surface area contributed by atoms with E-state index < -0.39 is 0 Å². The Morgan fingerprint density at radius 2 is 2.10 bits per heavy atom. The normalized spacial score (nSPS) is 11.5. The van der Waals surface area contributed by atoms with Crippen molar-refractivity contribution in [3.05, 3.63) is 34.9 Å². The molecule has 3 heteroatoms. The molecule has 0 fully saturated rings. The van der Waals surface area contributed by atoms with Crippen molar-refractivity contribution >= 4 is 5.91 Å². The molecule has 1 aromatic rings. The predicted octanol–water partition coefficient (Wildman–Crippen LogP) is 2.85. The molecule has 1 amide bonds. The van der Waals surface area contributed by atoms with E-state index in [0.29, 0.717) is 23.6 Å². The Labute approximate surface area is 128 Å². The molecule has 0 aliphatic rings. The Kier molecular flexibility index (Phi) is 6.98. The Morgan fingerprint density at radius 1 is 1.38 bits per heavy atom. The highest BCUT2D eigenvalue weighted by atomic mass is 16.2. The molecule has 3 nitrogen and oxygen atoms in total. The molecule has 114 valence electrons. The Hall–Kier alpha value is -1.79. The van der Waals surface area contributed by atoms with E-state index >= 15 is 0 Å². The molecular weight excluding hydrogens is 262 g/mol. The third kappa shape index (κ3) is 4.91. The predicted molar refractivity (Wildman–Crippen MR) is 86.2 cm³/mol. The van der Waals surface area contributed by atoms with Gasteiger partial charge in [-0.3, -0.25) is 4.79 Å². The quantitative estimate of drug-likeness (QED) is 0.846. The Bertz CT molecular complexity index is 540. The van der Waals surface area contributed by atoms with Crippen LogP contribution in [0.3, 0.4) is 0 Å². The Morgan fingerprint density at radius 3 is 2.67 bits per heavy atom. The molecule has 0 aliphatic heterocycles. The lowest BCUT2D eigenvalue weighted by atomic mass is 10.0. The third-order valence-electron chi connectivity index (χ3n) is 3.61. The summed E-state index contributed by atoms with van der Waals surface area (Å²) in [5, 5.41) is 8.85. The molecule has 1 rings (SSSR count). The van der Waals surface area contributed by atoms with Crippen molar-refractivity contribution in [2.75, 3.05) is 19.7 Å². The third-order valence-corrected chi connectivity index (χ3v) is 3.61. The van der Waals surface area contributed by atoms with Crippen LogP contribution in [0.4, 0.5) is 0 Å². The van der Waals surface area contributed by atoms with Gasteiger partial charge in [0.2, 0.25) is 0 Å². The molecule has 0 aromatic heterocycles. The number of hydrogen-bond acceptors (Lipinski definition) is 2. The first-order chi connectivity index (χ1) is 10.0. The van der Waals surface area contributed by atoms with Crippen LogP contribution in [-0.4, -0.2) is 35.6 Å². The summed E-state index contributed by atoms with van der Waals surface area (Å²) in [6, 6.07) is 5.66. The van der Waals surface area contributed by atoms with Crippen molar-refractivity contribution in [1.82, 2.24) is 4.90 Å². The lowest BCUT2D eigenvalue weighted by Crippen LogP contribution is -2.35. The summed E-state index contributed by atoms with van der Waals surface area (Å²) in [4.78, 5) is 14.6. The maximum Gasteiger partial charge on any atom is 0.255 e. The largest absolute Gasteiger partial charge is 0.384 e. The van der Waals surface area contributed by atoms with Gasteiger partial charge in [-0.25, -0.2) is 0 Å². The number of aryl methyl sites for hydroxylation is 1. The van der Waals surface area contributed by atoms with E-state index in [1.54, 1.807) is 0 Å². The monoisotopic (exact) mass is 287 g/mol. The van der Waals surface area contributed by atoms with Gasteiger partial charge in [-0.05, 0) is 31.9 Å². The van der Waals surface area contributed by atoms with Crippen LogP contribution in [0.5, 0.6) is 0 Å². The zero-order chi connectivity index (χ0) is 15.8. The molecule has 1 N–H and O–H groups in total. The minimum atomic E-state index is -0.203. The number of nitrogens with zero attached hydrogens (tertiary/aromatic N) is 1. The number of amides is 1. The summed E-state index contributed by atoms with van der Waals surface area (Å²) in [6.45, 7) is 9.48. The van der Waals surface area contributed by atoms with Gasteiger partial charge in [0.1, 0.15) is 6.61 Å². The average Bonchev–Trinajstić information content (AvgIpc) is 2.50. The van der Waals surface area contributed by atoms with Gasteiger partial charge in [-0.15, -0.1) is 0 Å². The molecule has 1 unspecified atom stereocenters. The van der Waals surface area contributed by atoms with Crippen LogP contribution in [0.15, 0.2) is 18.2 Å².